The molecule has 0 spiro atoms. The summed E-state index contributed by atoms with van der Waals surface area (Å²) < 4.78 is 5.63. The summed E-state index contributed by atoms with van der Waals surface area (Å²) in [7, 11) is 0. The van der Waals surface area contributed by atoms with Crippen LogP contribution in [0.2, 0.25) is 0 Å². The van der Waals surface area contributed by atoms with Crippen molar-refractivity contribution in [1.29, 1.82) is 0 Å². The highest BCUT2D eigenvalue weighted by atomic mass is 16.5. The van der Waals surface area contributed by atoms with Gasteiger partial charge in [-0.05, 0) is 48.9 Å². The number of nitrogens with one attached hydrogen (secondary N) is 1. The first-order valence-electron chi connectivity index (χ1n) is 11.6. The molecule has 182 valence electrons. The molecule has 2 aromatic rings. The Kier molecular flexibility index (Phi) is 7.64. The van der Waals surface area contributed by atoms with Crippen molar-refractivity contribution in [2.45, 2.75) is 58.5 Å². The Morgan fingerprint density at radius 3 is 2.00 bits per heavy atom. The standard InChI is InChI=1S/C27H34N2O5/c1-17(2)23(14-24(30)29(15-25(31)32)27(3,4)5)28-26(33)34-16-22-20-12-8-6-10-18(20)19-11-7-9-13-21(19)22/h6-13,17,22-23H,14-16H2,1-5H3,(H,28,33)(H,31,32). The van der Waals surface area contributed by atoms with Gasteiger partial charge in [-0.3, -0.25) is 9.59 Å². The minimum Gasteiger partial charge on any atom is -0.480 e. The normalized spacial score (nSPS) is 13.7. The molecule has 7 heteroatoms. The summed E-state index contributed by atoms with van der Waals surface area (Å²) in [4.78, 5) is 38.2. The van der Waals surface area contributed by atoms with Crippen LogP contribution in [0.5, 0.6) is 0 Å². The van der Waals surface area contributed by atoms with Crippen molar-refractivity contribution in [3.05, 3.63) is 59.7 Å². The van der Waals surface area contributed by atoms with Crippen LogP contribution in [0, 0.1) is 5.92 Å². The molecule has 2 N–H and O–H groups in total. The Hall–Kier alpha value is -3.35. The van der Waals surface area contributed by atoms with E-state index in [0.717, 1.165) is 22.3 Å². The molecule has 0 radical (unpaired) electrons. The van der Waals surface area contributed by atoms with Crippen LogP contribution < -0.4 is 5.32 Å². The van der Waals surface area contributed by atoms with Gasteiger partial charge in [0.25, 0.3) is 0 Å². The smallest absolute Gasteiger partial charge is 0.407 e. The maximum absolute atomic E-state index is 12.9. The number of carboxylic acid groups (broad SMARTS) is 1. The van der Waals surface area contributed by atoms with Crippen LogP contribution in [0.3, 0.4) is 0 Å². The lowest BCUT2D eigenvalue weighted by atomic mass is 9.98. The number of carboxylic acids is 1. The molecule has 2 amide bonds. The summed E-state index contributed by atoms with van der Waals surface area (Å²) >= 11 is 0. The van der Waals surface area contributed by atoms with Gasteiger partial charge < -0.3 is 20.1 Å². The minimum absolute atomic E-state index is 0.00753. The topological polar surface area (TPSA) is 95.9 Å². The summed E-state index contributed by atoms with van der Waals surface area (Å²) in [5, 5.41) is 12.0. The molecule has 2 aromatic carbocycles. The van der Waals surface area contributed by atoms with E-state index in [4.69, 9.17) is 4.74 Å². The summed E-state index contributed by atoms with van der Waals surface area (Å²) in [6, 6.07) is 15.7. The predicted octanol–water partition coefficient (Wildman–Crippen LogP) is 4.65. The number of alkyl carbamates (subject to hydrolysis) is 1. The second-order valence-corrected chi connectivity index (χ2v) is 10.1. The second-order valence-electron chi connectivity index (χ2n) is 10.1. The number of ether oxygens (including phenoxy) is 1. The lowest BCUT2D eigenvalue weighted by molar-refractivity contribution is -0.148. The molecule has 1 aliphatic rings. The van der Waals surface area contributed by atoms with Crippen molar-refractivity contribution in [2.75, 3.05) is 13.2 Å². The first kappa shape index (κ1) is 25.3. The van der Waals surface area contributed by atoms with Crippen LogP contribution in [0.4, 0.5) is 4.79 Å². The predicted molar refractivity (Wildman–Crippen MR) is 131 cm³/mol. The third-order valence-electron chi connectivity index (χ3n) is 6.25. The van der Waals surface area contributed by atoms with E-state index in [1.54, 1.807) is 20.8 Å². The fourth-order valence-electron chi connectivity index (χ4n) is 4.38. The van der Waals surface area contributed by atoms with Crippen molar-refractivity contribution in [3.8, 4) is 11.1 Å². The number of aliphatic carboxylic acids is 1. The van der Waals surface area contributed by atoms with Gasteiger partial charge in [-0.2, -0.15) is 0 Å². The highest BCUT2D eigenvalue weighted by Gasteiger charge is 2.32. The van der Waals surface area contributed by atoms with E-state index in [2.05, 4.69) is 29.6 Å². The van der Waals surface area contributed by atoms with Crippen molar-refractivity contribution in [1.82, 2.24) is 10.2 Å². The monoisotopic (exact) mass is 466 g/mol. The SMILES string of the molecule is CC(C)C(CC(=O)N(CC(=O)O)C(C)(C)C)NC(=O)OCC1c2ccccc2-c2ccccc21. The van der Waals surface area contributed by atoms with Crippen LogP contribution in [0.1, 0.15) is 58.1 Å². The third kappa shape index (κ3) is 5.76. The molecule has 0 bridgehead atoms. The number of hydrogen-bond acceptors (Lipinski definition) is 4. The van der Waals surface area contributed by atoms with Crippen molar-refractivity contribution in [2.24, 2.45) is 5.92 Å². The second kappa shape index (κ2) is 10.3. The van der Waals surface area contributed by atoms with Gasteiger partial charge in [0, 0.05) is 23.9 Å². The fraction of sp³-hybridized carbons (Fsp3) is 0.444. The van der Waals surface area contributed by atoms with Crippen LogP contribution in [-0.4, -0.2) is 52.7 Å². The molecule has 1 unspecified atom stereocenters. The molecule has 0 aliphatic heterocycles. The molecule has 0 saturated heterocycles. The van der Waals surface area contributed by atoms with E-state index in [9.17, 15) is 19.5 Å². The average Bonchev–Trinajstić information content (AvgIpc) is 3.08. The van der Waals surface area contributed by atoms with Gasteiger partial charge in [0.05, 0.1) is 0 Å². The lowest BCUT2D eigenvalue weighted by Gasteiger charge is -2.36. The van der Waals surface area contributed by atoms with Gasteiger partial charge in [0.15, 0.2) is 0 Å². The van der Waals surface area contributed by atoms with E-state index in [0.29, 0.717) is 0 Å². The molecule has 0 heterocycles. The van der Waals surface area contributed by atoms with E-state index in [-0.39, 0.29) is 30.8 Å². The van der Waals surface area contributed by atoms with Gasteiger partial charge >= 0.3 is 12.1 Å². The van der Waals surface area contributed by atoms with Crippen molar-refractivity contribution < 1.29 is 24.2 Å². The number of benzene rings is 2. The molecular formula is C27H34N2O5. The van der Waals surface area contributed by atoms with Gasteiger partial charge in [0.1, 0.15) is 13.2 Å². The number of fused-ring (bicyclic) bond motifs is 3. The molecule has 0 fully saturated rings. The summed E-state index contributed by atoms with van der Waals surface area (Å²) in [6.45, 7) is 8.97. The molecule has 1 atom stereocenters. The number of rotatable bonds is 8. The Morgan fingerprint density at radius 1 is 1.00 bits per heavy atom. The lowest BCUT2D eigenvalue weighted by Crippen LogP contribution is -2.51. The number of carbonyl (C=O) groups excluding carboxylic acids is 2. The van der Waals surface area contributed by atoms with E-state index >= 15 is 0 Å². The van der Waals surface area contributed by atoms with Gasteiger partial charge in [-0.15, -0.1) is 0 Å². The first-order valence-corrected chi connectivity index (χ1v) is 11.6. The number of amides is 2. The van der Waals surface area contributed by atoms with Gasteiger partial charge in [-0.1, -0.05) is 62.4 Å². The van der Waals surface area contributed by atoms with E-state index < -0.39 is 30.2 Å². The van der Waals surface area contributed by atoms with Crippen molar-refractivity contribution in [3.63, 3.8) is 0 Å². The molecule has 0 aromatic heterocycles. The summed E-state index contributed by atoms with van der Waals surface area (Å²) in [5.74, 6) is -1.50. The van der Waals surface area contributed by atoms with Crippen LogP contribution in [0.15, 0.2) is 48.5 Å². The molecule has 0 saturated carbocycles. The van der Waals surface area contributed by atoms with E-state index in [1.807, 2.05) is 38.1 Å². The third-order valence-corrected chi connectivity index (χ3v) is 6.25. The number of carbonyl (C=O) groups is 3. The maximum Gasteiger partial charge on any atom is 0.407 e. The molecule has 1 aliphatic carbocycles. The fourth-order valence-corrected chi connectivity index (χ4v) is 4.38. The Bertz CT molecular complexity index is 1010. The maximum atomic E-state index is 12.9. The average molecular weight is 467 g/mol. The van der Waals surface area contributed by atoms with Crippen molar-refractivity contribution >= 4 is 18.0 Å². The van der Waals surface area contributed by atoms with Gasteiger partial charge in [-0.25, -0.2) is 4.79 Å². The van der Waals surface area contributed by atoms with Crippen LogP contribution >= 0.6 is 0 Å². The largest absolute Gasteiger partial charge is 0.480 e. The zero-order valence-electron chi connectivity index (χ0n) is 20.5. The highest BCUT2D eigenvalue weighted by molar-refractivity contribution is 5.83. The molecular weight excluding hydrogens is 432 g/mol. The number of nitrogens with zero attached hydrogens (tertiary/aromatic N) is 1. The van der Waals surface area contributed by atoms with Crippen LogP contribution in [-0.2, 0) is 14.3 Å². The van der Waals surface area contributed by atoms with E-state index in [1.165, 1.54) is 4.90 Å². The Balaban J connectivity index is 1.66. The Labute approximate surface area is 201 Å². The molecule has 3 rings (SSSR count). The molecule has 7 nitrogen and oxygen atoms in total. The zero-order valence-corrected chi connectivity index (χ0v) is 20.5. The summed E-state index contributed by atoms with van der Waals surface area (Å²) in [6.07, 6.45) is -0.597. The van der Waals surface area contributed by atoms with Crippen LogP contribution in [0.25, 0.3) is 11.1 Å². The molecule has 34 heavy (non-hydrogen) atoms. The zero-order chi connectivity index (χ0) is 25.0. The quantitative estimate of drug-likeness (QED) is 0.590. The number of hydrogen-bond donors (Lipinski definition) is 2. The Morgan fingerprint density at radius 2 is 1.53 bits per heavy atom. The van der Waals surface area contributed by atoms with Gasteiger partial charge in [0.2, 0.25) is 5.91 Å². The summed E-state index contributed by atoms with van der Waals surface area (Å²) in [5.41, 5.74) is 3.90. The minimum atomic E-state index is -1.08. The first-order chi connectivity index (χ1) is 16.0. The highest BCUT2D eigenvalue weighted by Crippen LogP contribution is 2.44.